The molecule has 2 saturated heterocycles. The van der Waals surface area contributed by atoms with Gasteiger partial charge in [0, 0.05) is 44.2 Å². The number of unbranched alkanes of at least 4 members (excludes halogenated alkanes) is 2. The second-order valence-corrected chi connectivity index (χ2v) is 11.9. The Morgan fingerprint density at radius 2 is 1.83 bits per heavy atom. The minimum Gasteiger partial charge on any atom is -0.396 e. The predicted octanol–water partition coefficient (Wildman–Crippen LogP) is 2.69. The molecule has 192 valence electrons. The van der Waals surface area contributed by atoms with Crippen molar-refractivity contribution in [2.24, 2.45) is 11.8 Å². The number of likely N-dealkylation sites (N-methyl/N-ethyl adjacent to an activating group) is 1. The van der Waals surface area contributed by atoms with Crippen molar-refractivity contribution < 1.29 is 19.5 Å². The van der Waals surface area contributed by atoms with Gasteiger partial charge < -0.3 is 19.8 Å². The van der Waals surface area contributed by atoms with Crippen molar-refractivity contribution in [1.29, 1.82) is 0 Å². The molecule has 1 aromatic rings. The predicted molar refractivity (Wildman–Crippen MR) is 142 cm³/mol. The molecule has 0 radical (unpaired) electrons. The van der Waals surface area contributed by atoms with Crippen LogP contribution in [-0.4, -0.2) is 82.0 Å². The number of carbonyl (C=O) groups excluding carboxylic acids is 3. The van der Waals surface area contributed by atoms with Crippen LogP contribution < -0.4 is 4.90 Å². The van der Waals surface area contributed by atoms with Crippen LogP contribution in [0, 0.1) is 25.7 Å². The summed E-state index contributed by atoms with van der Waals surface area (Å²) in [5, 5.41) is 9.09. The summed E-state index contributed by atoms with van der Waals surface area (Å²) >= 11 is 1.62. The summed E-state index contributed by atoms with van der Waals surface area (Å²) in [7, 11) is 1.78. The first-order valence-corrected chi connectivity index (χ1v) is 13.7. The van der Waals surface area contributed by atoms with Crippen LogP contribution in [0.25, 0.3) is 0 Å². The third-order valence-corrected chi connectivity index (χ3v) is 9.82. The number of aliphatic hydroxyl groups is 1. The molecule has 4 heterocycles. The van der Waals surface area contributed by atoms with E-state index in [2.05, 4.69) is 12.2 Å². The molecule has 3 amide bonds. The van der Waals surface area contributed by atoms with Crippen LogP contribution in [0.1, 0.15) is 30.4 Å². The maximum Gasteiger partial charge on any atom is 0.251 e. The van der Waals surface area contributed by atoms with Crippen molar-refractivity contribution in [3.8, 4) is 0 Å². The van der Waals surface area contributed by atoms with Gasteiger partial charge in [0.2, 0.25) is 11.8 Å². The normalized spacial score (nSPS) is 31.4. The number of benzene rings is 1. The molecule has 36 heavy (non-hydrogen) atoms. The molecule has 5 atom stereocenters. The van der Waals surface area contributed by atoms with Gasteiger partial charge in [-0.05, 0) is 50.3 Å². The van der Waals surface area contributed by atoms with Gasteiger partial charge >= 0.3 is 0 Å². The number of likely N-dealkylation sites (tertiary alicyclic amines) is 1. The fourth-order valence-electron chi connectivity index (χ4n) is 6.30. The molecular weight excluding hydrogens is 474 g/mol. The first kappa shape index (κ1) is 25.1. The summed E-state index contributed by atoms with van der Waals surface area (Å²) in [6.07, 6.45) is 10.3. The Labute approximate surface area is 217 Å². The number of amides is 3. The van der Waals surface area contributed by atoms with Crippen LogP contribution in [0.15, 0.2) is 42.5 Å². The molecule has 7 nitrogen and oxygen atoms in total. The fourth-order valence-corrected chi connectivity index (χ4v) is 8.31. The quantitative estimate of drug-likeness (QED) is 0.471. The summed E-state index contributed by atoms with van der Waals surface area (Å²) in [6.45, 7) is 5.53. The lowest BCUT2D eigenvalue weighted by atomic mass is 9.78. The molecule has 1 aromatic carbocycles. The second kappa shape index (κ2) is 9.71. The summed E-state index contributed by atoms with van der Waals surface area (Å²) in [5.74, 6) is -1.26. The van der Waals surface area contributed by atoms with Gasteiger partial charge in [-0.25, -0.2) is 0 Å². The van der Waals surface area contributed by atoms with Crippen molar-refractivity contribution in [2.75, 3.05) is 38.2 Å². The van der Waals surface area contributed by atoms with Crippen LogP contribution in [0.2, 0.25) is 0 Å². The third-order valence-electron chi connectivity index (χ3n) is 8.07. The Bertz CT molecular complexity index is 1130. The average Bonchev–Trinajstić information content (AvgIpc) is 3.17. The number of hydrogen-bond acceptors (Lipinski definition) is 5. The molecule has 8 heteroatoms. The highest BCUT2D eigenvalue weighted by atomic mass is 32.2. The molecule has 1 N–H and O–H groups in total. The van der Waals surface area contributed by atoms with E-state index in [0.717, 1.165) is 23.2 Å². The van der Waals surface area contributed by atoms with E-state index >= 15 is 0 Å². The Balaban J connectivity index is 1.59. The Kier molecular flexibility index (Phi) is 6.76. The van der Waals surface area contributed by atoms with Gasteiger partial charge in [0.15, 0.2) is 0 Å². The average molecular weight is 510 g/mol. The first-order chi connectivity index (χ1) is 17.3. The third kappa shape index (κ3) is 3.89. The van der Waals surface area contributed by atoms with E-state index in [1.807, 2.05) is 49.1 Å². The van der Waals surface area contributed by atoms with Gasteiger partial charge in [-0.15, -0.1) is 11.8 Å². The van der Waals surface area contributed by atoms with E-state index in [-0.39, 0.29) is 29.6 Å². The maximum absolute atomic E-state index is 14.4. The van der Waals surface area contributed by atoms with Gasteiger partial charge in [0.1, 0.15) is 6.04 Å². The molecule has 2 fully saturated rings. The molecule has 0 bridgehead atoms. The Hall–Kier alpha value is -2.58. The molecular formula is C28H35N3O4S. The first-order valence-electron chi connectivity index (χ1n) is 12.9. The number of thioether (sulfide) groups is 1. The lowest BCUT2D eigenvalue weighted by molar-refractivity contribution is -0.142. The highest BCUT2D eigenvalue weighted by Gasteiger charge is 2.70. The number of aryl methyl sites for hydroxylation is 2. The molecule has 4 aliphatic heterocycles. The lowest BCUT2D eigenvalue weighted by Gasteiger charge is -2.35. The summed E-state index contributed by atoms with van der Waals surface area (Å²) in [5.41, 5.74) is 2.95. The number of rotatable bonds is 6. The van der Waals surface area contributed by atoms with Crippen LogP contribution in [-0.2, 0) is 14.4 Å². The van der Waals surface area contributed by atoms with Gasteiger partial charge in [-0.3, -0.25) is 14.4 Å². The molecule has 5 rings (SSSR count). The van der Waals surface area contributed by atoms with E-state index in [9.17, 15) is 19.5 Å². The van der Waals surface area contributed by atoms with Crippen LogP contribution in [0.4, 0.5) is 5.69 Å². The topological polar surface area (TPSA) is 81.2 Å². The maximum atomic E-state index is 14.4. The van der Waals surface area contributed by atoms with Gasteiger partial charge in [0.05, 0.1) is 16.6 Å². The minimum atomic E-state index is -0.787. The van der Waals surface area contributed by atoms with Gasteiger partial charge in [-0.1, -0.05) is 36.4 Å². The van der Waals surface area contributed by atoms with Gasteiger partial charge in [-0.2, -0.15) is 0 Å². The van der Waals surface area contributed by atoms with E-state index in [0.29, 0.717) is 32.5 Å². The van der Waals surface area contributed by atoms with Crippen LogP contribution in [0.5, 0.6) is 0 Å². The smallest absolute Gasteiger partial charge is 0.251 e. The number of carbonyl (C=O) groups is 3. The number of hydrogen-bond donors (Lipinski definition) is 1. The SMILES string of the molecule is Cc1ccc(C)c(N2CC=C[C@]34S[C@@H]5C=CCN(C)C(=O)[C@@H]5[C@H]3C(=O)N(CCCCCO)C4C2=O)c1. The number of fused-ring (bicyclic) bond motifs is 2. The van der Waals surface area contributed by atoms with E-state index in [4.69, 9.17) is 0 Å². The Morgan fingerprint density at radius 3 is 2.61 bits per heavy atom. The van der Waals surface area contributed by atoms with E-state index in [1.165, 1.54) is 0 Å². The monoisotopic (exact) mass is 509 g/mol. The number of anilines is 1. The largest absolute Gasteiger partial charge is 0.396 e. The van der Waals surface area contributed by atoms with Crippen LogP contribution in [0.3, 0.4) is 0 Å². The van der Waals surface area contributed by atoms with Crippen molar-refractivity contribution >= 4 is 35.2 Å². The lowest BCUT2D eigenvalue weighted by Crippen LogP contribution is -2.53. The summed E-state index contributed by atoms with van der Waals surface area (Å²) in [4.78, 5) is 47.3. The highest BCUT2D eigenvalue weighted by molar-refractivity contribution is 8.02. The fraction of sp³-hybridized carbons (Fsp3) is 0.536. The number of aliphatic hydroxyl groups excluding tert-OH is 1. The molecule has 4 aliphatic rings. The standard InChI is InChI=1S/C28H35N3O4S/c1-18-10-11-19(2)20(17-18)30-15-8-12-28-23(22-21(36-28)9-7-13-29(3)25(22)33)26(34)31(24(28)27(30)35)14-5-4-6-16-32/h7-12,17,21-24,32H,4-6,13-16H2,1-3H3/t21-,22+,23+,24?,28+/m1/s1. The zero-order valence-corrected chi connectivity index (χ0v) is 22.0. The van der Waals surface area contributed by atoms with Gasteiger partial charge in [0.25, 0.3) is 5.91 Å². The Morgan fingerprint density at radius 1 is 1.03 bits per heavy atom. The van der Waals surface area contributed by atoms with Crippen LogP contribution >= 0.6 is 11.8 Å². The van der Waals surface area contributed by atoms with Crippen molar-refractivity contribution in [1.82, 2.24) is 9.80 Å². The zero-order chi connectivity index (χ0) is 25.6. The van der Waals surface area contributed by atoms with Crippen molar-refractivity contribution in [2.45, 2.75) is 49.1 Å². The number of nitrogens with zero attached hydrogens (tertiary/aromatic N) is 3. The van der Waals surface area contributed by atoms with E-state index in [1.54, 1.807) is 28.6 Å². The highest BCUT2D eigenvalue weighted by Crippen LogP contribution is 2.61. The summed E-state index contributed by atoms with van der Waals surface area (Å²) < 4.78 is -0.787. The minimum absolute atomic E-state index is 0.0231. The summed E-state index contributed by atoms with van der Waals surface area (Å²) in [6, 6.07) is 5.42. The molecule has 1 unspecified atom stereocenters. The van der Waals surface area contributed by atoms with Crippen molar-refractivity contribution in [3.05, 3.63) is 53.6 Å². The molecule has 0 aromatic heterocycles. The van der Waals surface area contributed by atoms with E-state index < -0.39 is 22.6 Å². The molecule has 1 spiro atoms. The molecule has 0 aliphatic carbocycles. The van der Waals surface area contributed by atoms with Crippen molar-refractivity contribution in [3.63, 3.8) is 0 Å². The molecule has 0 saturated carbocycles. The zero-order valence-electron chi connectivity index (χ0n) is 21.2. The second-order valence-electron chi connectivity index (χ2n) is 10.4.